The molecule has 2 atom stereocenters. The fraction of sp³-hybridized carbons (Fsp3) is 0.588. The van der Waals surface area contributed by atoms with Gasteiger partial charge >= 0.3 is 0 Å². The van der Waals surface area contributed by atoms with Crippen LogP contribution < -0.4 is 15.4 Å². The maximum atomic E-state index is 13.1. The van der Waals surface area contributed by atoms with Crippen molar-refractivity contribution in [3.63, 3.8) is 0 Å². The highest BCUT2D eigenvalue weighted by atomic mass is 35.5. The molecule has 1 aromatic rings. The Kier molecular flexibility index (Phi) is 8.95. The van der Waals surface area contributed by atoms with Gasteiger partial charge in [0.2, 0.25) is 5.91 Å². The second kappa shape index (κ2) is 10.4. The second-order valence-electron chi connectivity index (χ2n) is 5.81. The van der Waals surface area contributed by atoms with Gasteiger partial charge in [-0.05, 0) is 50.4 Å². The van der Waals surface area contributed by atoms with Gasteiger partial charge in [-0.3, -0.25) is 4.79 Å². The molecule has 0 bridgehead atoms. The predicted octanol–water partition coefficient (Wildman–Crippen LogP) is 2.91. The summed E-state index contributed by atoms with van der Waals surface area (Å²) >= 11 is 0. The van der Waals surface area contributed by atoms with E-state index in [4.69, 9.17) is 4.74 Å². The molecular formula is C17H26ClFN2O2. The summed E-state index contributed by atoms with van der Waals surface area (Å²) in [6, 6.07) is 6.08. The summed E-state index contributed by atoms with van der Waals surface area (Å²) in [6.45, 7) is 4.52. The van der Waals surface area contributed by atoms with Gasteiger partial charge in [0.25, 0.3) is 0 Å². The third kappa shape index (κ3) is 7.18. The Morgan fingerprint density at radius 3 is 3.00 bits per heavy atom. The largest absolute Gasteiger partial charge is 0.489 e. The second-order valence-corrected chi connectivity index (χ2v) is 5.81. The summed E-state index contributed by atoms with van der Waals surface area (Å²) in [5, 5.41) is 6.22. The first-order chi connectivity index (χ1) is 10.7. The summed E-state index contributed by atoms with van der Waals surface area (Å²) < 4.78 is 18.8. The molecule has 6 heteroatoms. The van der Waals surface area contributed by atoms with Crippen molar-refractivity contribution in [3.8, 4) is 5.75 Å². The van der Waals surface area contributed by atoms with Gasteiger partial charge in [0, 0.05) is 12.5 Å². The van der Waals surface area contributed by atoms with Gasteiger partial charge in [-0.1, -0.05) is 13.0 Å². The fourth-order valence-electron chi connectivity index (χ4n) is 2.61. The molecule has 2 N–H and O–H groups in total. The number of nitrogens with one attached hydrogen (secondary N) is 2. The van der Waals surface area contributed by atoms with Gasteiger partial charge in [-0.15, -0.1) is 12.4 Å². The molecule has 1 aliphatic heterocycles. The van der Waals surface area contributed by atoms with E-state index in [1.54, 1.807) is 12.1 Å². The molecular weight excluding hydrogens is 319 g/mol. The number of carbonyl (C=O) groups excluding carboxylic acids is 1. The molecule has 1 saturated heterocycles. The van der Waals surface area contributed by atoms with Crippen LogP contribution in [0.3, 0.4) is 0 Å². The molecule has 23 heavy (non-hydrogen) atoms. The van der Waals surface area contributed by atoms with E-state index in [2.05, 4.69) is 10.6 Å². The van der Waals surface area contributed by atoms with Crippen LogP contribution in [0, 0.1) is 11.7 Å². The summed E-state index contributed by atoms with van der Waals surface area (Å²) in [5.74, 6) is 0.865. The number of hydrogen-bond donors (Lipinski definition) is 2. The number of halogens is 2. The smallest absolute Gasteiger partial charge is 0.220 e. The van der Waals surface area contributed by atoms with E-state index in [9.17, 15) is 9.18 Å². The quantitative estimate of drug-likeness (QED) is 0.762. The minimum absolute atomic E-state index is 0. The van der Waals surface area contributed by atoms with E-state index >= 15 is 0 Å². The van der Waals surface area contributed by atoms with Gasteiger partial charge in [0.1, 0.15) is 17.7 Å². The SMILES string of the molecule is CCC(CNC(=O)CCC1CCNC1)Oc1cccc(F)c1.Cl. The van der Waals surface area contributed by atoms with Crippen molar-refractivity contribution in [1.29, 1.82) is 0 Å². The molecule has 1 amide bonds. The molecule has 0 saturated carbocycles. The van der Waals surface area contributed by atoms with E-state index in [-0.39, 0.29) is 30.2 Å². The van der Waals surface area contributed by atoms with Crippen molar-refractivity contribution in [3.05, 3.63) is 30.1 Å². The van der Waals surface area contributed by atoms with Crippen LogP contribution in [-0.4, -0.2) is 31.6 Å². The Balaban J connectivity index is 0.00000264. The first-order valence-corrected chi connectivity index (χ1v) is 8.07. The Hall–Kier alpha value is -1.33. The number of benzene rings is 1. The first kappa shape index (κ1) is 19.7. The molecule has 1 aromatic carbocycles. The highest BCUT2D eigenvalue weighted by molar-refractivity contribution is 5.85. The molecule has 4 nitrogen and oxygen atoms in total. The molecule has 2 rings (SSSR count). The molecule has 0 aliphatic carbocycles. The van der Waals surface area contributed by atoms with Crippen LogP contribution in [0.15, 0.2) is 24.3 Å². The summed E-state index contributed by atoms with van der Waals surface area (Å²) in [6.07, 6.45) is 3.26. The maximum absolute atomic E-state index is 13.1. The van der Waals surface area contributed by atoms with Crippen molar-refractivity contribution in [2.75, 3.05) is 19.6 Å². The number of hydrogen-bond acceptors (Lipinski definition) is 3. The van der Waals surface area contributed by atoms with Gasteiger partial charge in [-0.2, -0.15) is 0 Å². The predicted molar refractivity (Wildman–Crippen MR) is 91.6 cm³/mol. The van der Waals surface area contributed by atoms with Crippen LogP contribution in [0.1, 0.15) is 32.6 Å². The van der Waals surface area contributed by atoms with E-state index < -0.39 is 0 Å². The number of ether oxygens (including phenoxy) is 1. The van der Waals surface area contributed by atoms with Crippen LogP contribution in [0.5, 0.6) is 5.75 Å². The molecule has 1 aliphatic rings. The monoisotopic (exact) mass is 344 g/mol. The van der Waals surface area contributed by atoms with Crippen LogP contribution >= 0.6 is 12.4 Å². The molecule has 2 unspecified atom stereocenters. The zero-order valence-corrected chi connectivity index (χ0v) is 14.3. The minimum atomic E-state index is -0.318. The number of carbonyl (C=O) groups is 1. The van der Waals surface area contributed by atoms with Crippen molar-refractivity contribution in [1.82, 2.24) is 10.6 Å². The molecule has 0 radical (unpaired) electrons. The Morgan fingerprint density at radius 2 is 2.35 bits per heavy atom. The highest BCUT2D eigenvalue weighted by Crippen LogP contribution is 2.15. The van der Waals surface area contributed by atoms with Crippen molar-refractivity contribution in [2.45, 2.75) is 38.7 Å². The molecule has 1 heterocycles. The van der Waals surface area contributed by atoms with E-state index in [0.717, 1.165) is 32.4 Å². The van der Waals surface area contributed by atoms with Crippen molar-refractivity contribution in [2.24, 2.45) is 5.92 Å². The van der Waals surface area contributed by atoms with Gasteiger partial charge < -0.3 is 15.4 Å². The minimum Gasteiger partial charge on any atom is -0.489 e. The van der Waals surface area contributed by atoms with E-state index in [1.807, 2.05) is 6.92 Å². The Labute approximate surface area is 143 Å². The fourth-order valence-corrected chi connectivity index (χ4v) is 2.61. The van der Waals surface area contributed by atoms with Crippen LogP contribution in [0.25, 0.3) is 0 Å². The summed E-state index contributed by atoms with van der Waals surface area (Å²) in [4.78, 5) is 11.9. The topological polar surface area (TPSA) is 50.4 Å². The number of rotatable bonds is 8. The lowest BCUT2D eigenvalue weighted by molar-refractivity contribution is -0.121. The average Bonchev–Trinajstić information content (AvgIpc) is 3.03. The lowest BCUT2D eigenvalue weighted by Crippen LogP contribution is -2.35. The highest BCUT2D eigenvalue weighted by Gasteiger charge is 2.16. The summed E-state index contributed by atoms with van der Waals surface area (Å²) in [5.41, 5.74) is 0. The summed E-state index contributed by atoms with van der Waals surface area (Å²) in [7, 11) is 0. The Bertz CT molecular complexity index is 481. The Morgan fingerprint density at radius 1 is 1.52 bits per heavy atom. The first-order valence-electron chi connectivity index (χ1n) is 8.07. The zero-order chi connectivity index (χ0) is 15.8. The van der Waals surface area contributed by atoms with Crippen molar-refractivity contribution < 1.29 is 13.9 Å². The molecule has 0 aromatic heterocycles. The lowest BCUT2D eigenvalue weighted by atomic mass is 10.0. The number of amides is 1. The maximum Gasteiger partial charge on any atom is 0.220 e. The zero-order valence-electron chi connectivity index (χ0n) is 13.5. The van der Waals surface area contributed by atoms with Gasteiger partial charge in [0.05, 0.1) is 6.54 Å². The molecule has 130 valence electrons. The normalized spacial score (nSPS) is 18.1. The third-order valence-electron chi connectivity index (χ3n) is 4.02. The van der Waals surface area contributed by atoms with Crippen LogP contribution in [-0.2, 0) is 4.79 Å². The van der Waals surface area contributed by atoms with Crippen molar-refractivity contribution >= 4 is 18.3 Å². The van der Waals surface area contributed by atoms with Gasteiger partial charge in [-0.25, -0.2) is 4.39 Å². The van der Waals surface area contributed by atoms with E-state index in [0.29, 0.717) is 24.6 Å². The molecule has 0 spiro atoms. The lowest BCUT2D eigenvalue weighted by Gasteiger charge is -2.18. The van der Waals surface area contributed by atoms with Crippen LogP contribution in [0.2, 0.25) is 0 Å². The molecule has 1 fully saturated rings. The van der Waals surface area contributed by atoms with E-state index in [1.165, 1.54) is 12.1 Å². The standard InChI is InChI=1S/C17H25FN2O2.ClH/c1-2-15(22-16-5-3-4-14(18)10-16)12-20-17(21)7-6-13-8-9-19-11-13;/h3-5,10,13,15,19H,2,6-9,11-12H2,1H3,(H,20,21);1H. The average molecular weight is 345 g/mol. The third-order valence-corrected chi connectivity index (χ3v) is 4.02. The van der Waals surface area contributed by atoms with Gasteiger partial charge in [0.15, 0.2) is 0 Å². The van der Waals surface area contributed by atoms with Crippen LogP contribution in [0.4, 0.5) is 4.39 Å².